The molecule has 0 saturated carbocycles. The van der Waals surface area contributed by atoms with Gasteiger partial charge in [0.05, 0.1) is 10.6 Å². The van der Waals surface area contributed by atoms with Gasteiger partial charge in [-0.05, 0) is 36.0 Å². The van der Waals surface area contributed by atoms with Gasteiger partial charge in [0.15, 0.2) is 0 Å². The molecule has 2 heterocycles. The van der Waals surface area contributed by atoms with Crippen molar-refractivity contribution in [1.82, 2.24) is 4.31 Å². The molecule has 0 aliphatic carbocycles. The Labute approximate surface area is 144 Å². The largest absolute Gasteiger partial charge is 0.399 e. The molecule has 5 nitrogen and oxygen atoms in total. The molecule has 2 fully saturated rings. The number of hydrogen-bond donors (Lipinski definition) is 0. The summed E-state index contributed by atoms with van der Waals surface area (Å²) in [6.45, 7) is 6.37. The summed E-state index contributed by atoms with van der Waals surface area (Å²) >= 11 is 0. The van der Waals surface area contributed by atoms with E-state index < -0.39 is 10.0 Å². The molecular weight excluding hydrogens is 324 g/mol. The van der Waals surface area contributed by atoms with Gasteiger partial charge in [0, 0.05) is 24.9 Å². The molecule has 2 atom stereocenters. The van der Waals surface area contributed by atoms with Crippen molar-refractivity contribution in [3.8, 4) is 0 Å². The summed E-state index contributed by atoms with van der Waals surface area (Å²) < 4.78 is 28.0. The van der Waals surface area contributed by atoms with E-state index in [1.807, 2.05) is 12.1 Å². The quantitative estimate of drug-likeness (QED) is 0.786. The Morgan fingerprint density at radius 1 is 1.08 bits per heavy atom. The third-order valence-electron chi connectivity index (χ3n) is 5.01. The molecule has 3 rings (SSSR count). The van der Waals surface area contributed by atoms with Crippen LogP contribution in [0.4, 0.5) is 0 Å². The number of benzene rings is 1. The molecule has 2 saturated heterocycles. The first-order chi connectivity index (χ1) is 11.2. The van der Waals surface area contributed by atoms with Crippen LogP contribution < -0.4 is 0 Å². The van der Waals surface area contributed by atoms with Crippen LogP contribution in [0.15, 0.2) is 34.3 Å². The lowest BCUT2D eigenvalue weighted by Gasteiger charge is -2.34. The smallest absolute Gasteiger partial charge is 0.243 e. The number of piperidine rings is 1. The molecule has 6 heteroatoms. The number of oxime groups is 1. The van der Waals surface area contributed by atoms with Crippen LogP contribution in [-0.4, -0.2) is 37.6 Å². The van der Waals surface area contributed by atoms with Crippen molar-refractivity contribution in [2.24, 2.45) is 5.16 Å². The van der Waals surface area contributed by atoms with Crippen LogP contribution in [0.5, 0.6) is 0 Å². The Morgan fingerprint density at radius 2 is 1.62 bits per heavy atom. The zero-order chi connectivity index (χ0) is 17.5. The molecule has 2 aliphatic rings. The lowest BCUT2D eigenvalue weighted by Crippen LogP contribution is -2.46. The molecular formula is C18H26N2O3S. The molecule has 132 valence electrons. The Balaban J connectivity index is 1.88. The van der Waals surface area contributed by atoms with Crippen molar-refractivity contribution in [2.45, 2.75) is 68.8 Å². The van der Waals surface area contributed by atoms with E-state index in [1.54, 1.807) is 16.4 Å². The van der Waals surface area contributed by atoms with Gasteiger partial charge in [0.1, 0.15) is 7.11 Å². The van der Waals surface area contributed by atoms with E-state index in [9.17, 15) is 8.42 Å². The zero-order valence-corrected chi connectivity index (χ0v) is 15.6. The monoisotopic (exact) mass is 350 g/mol. The molecule has 0 radical (unpaired) electrons. The molecule has 2 aliphatic heterocycles. The first-order valence-electron chi connectivity index (χ1n) is 8.46. The number of hydrogen-bond acceptors (Lipinski definition) is 4. The zero-order valence-electron chi connectivity index (χ0n) is 14.8. The second-order valence-corrected chi connectivity index (χ2v) is 9.59. The van der Waals surface area contributed by atoms with Crippen LogP contribution in [0.25, 0.3) is 0 Å². The van der Waals surface area contributed by atoms with Gasteiger partial charge in [0.25, 0.3) is 0 Å². The van der Waals surface area contributed by atoms with Gasteiger partial charge in [-0.2, -0.15) is 4.31 Å². The Morgan fingerprint density at radius 3 is 2.08 bits per heavy atom. The van der Waals surface area contributed by atoms with E-state index >= 15 is 0 Å². The molecule has 0 amide bonds. The topological polar surface area (TPSA) is 59.0 Å². The number of fused-ring (bicyclic) bond motifs is 2. The first kappa shape index (κ1) is 17.4. The van der Waals surface area contributed by atoms with Gasteiger partial charge in [-0.3, -0.25) is 0 Å². The van der Waals surface area contributed by atoms with Crippen molar-refractivity contribution < 1.29 is 13.3 Å². The minimum atomic E-state index is -3.46. The van der Waals surface area contributed by atoms with Crippen molar-refractivity contribution in [2.75, 3.05) is 7.11 Å². The standard InChI is InChI=1S/C18H26N2O3S/c1-18(2,3)13-5-9-17(10-6-13)24(21,22)20-15-7-8-16(20)12-14(11-15)19-23-4/h5-6,9-10,15-16H,7-8,11-12H2,1-4H3/t15-,16+. The molecule has 2 bridgehead atoms. The van der Waals surface area contributed by atoms with E-state index in [-0.39, 0.29) is 17.5 Å². The summed E-state index contributed by atoms with van der Waals surface area (Å²) in [5.74, 6) is 0. The van der Waals surface area contributed by atoms with Crippen LogP contribution >= 0.6 is 0 Å². The highest BCUT2D eigenvalue weighted by molar-refractivity contribution is 7.89. The highest BCUT2D eigenvalue weighted by Gasteiger charge is 2.46. The van der Waals surface area contributed by atoms with Crippen LogP contribution in [0.2, 0.25) is 0 Å². The van der Waals surface area contributed by atoms with Crippen molar-refractivity contribution >= 4 is 15.7 Å². The summed E-state index contributed by atoms with van der Waals surface area (Å²) in [7, 11) is -1.92. The average molecular weight is 350 g/mol. The predicted octanol–water partition coefficient (Wildman–Crippen LogP) is 3.30. The number of rotatable bonds is 3. The lowest BCUT2D eigenvalue weighted by molar-refractivity contribution is 0.206. The van der Waals surface area contributed by atoms with Gasteiger partial charge < -0.3 is 4.84 Å². The minimum Gasteiger partial charge on any atom is -0.399 e. The summed E-state index contributed by atoms with van der Waals surface area (Å²) in [6.07, 6.45) is 3.13. The third-order valence-corrected chi connectivity index (χ3v) is 7.03. The van der Waals surface area contributed by atoms with Crippen molar-refractivity contribution in [3.63, 3.8) is 0 Å². The molecule has 0 N–H and O–H groups in total. The van der Waals surface area contributed by atoms with Crippen molar-refractivity contribution in [3.05, 3.63) is 29.8 Å². The van der Waals surface area contributed by atoms with Gasteiger partial charge in [-0.15, -0.1) is 0 Å². The van der Waals surface area contributed by atoms with Crippen LogP contribution in [0, 0.1) is 0 Å². The van der Waals surface area contributed by atoms with E-state index in [0.29, 0.717) is 17.7 Å². The number of sulfonamides is 1. The molecule has 0 unspecified atom stereocenters. The maximum atomic E-state index is 13.1. The maximum absolute atomic E-state index is 13.1. The normalized spacial score (nSPS) is 26.8. The minimum absolute atomic E-state index is 0.00458. The van der Waals surface area contributed by atoms with E-state index in [2.05, 4.69) is 25.9 Å². The summed E-state index contributed by atoms with van der Waals surface area (Å²) in [5, 5.41) is 4.05. The Kier molecular flexibility index (Phi) is 4.47. The molecule has 1 aromatic carbocycles. The third kappa shape index (κ3) is 3.09. The van der Waals surface area contributed by atoms with Gasteiger partial charge in [-0.25, -0.2) is 8.42 Å². The van der Waals surface area contributed by atoms with E-state index in [1.165, 1.54) is 7.11 Å². The number of nitrogens with zero attached hydrogens (tertiary/aromatic N) is 2. The summed E-state index contributed by atoms with van der Waals surface area (Å²) in [5.41, 5.74) is 2.12. The van der Waals surface area contributed by atoms with Gasteiger partial charge in [-0.1, -0.05) is 38.1 Å². The molecule has 24 heavy (non-hydrogen) atoms. The fraction of sp³-hybridized carbons (Fsp3) is 0.611. The van der Waals surface area contributed by atoms with Crippen molar-refractivity contribution in [1.29, 1.82) is 0 Å². The molecule has 1 aromatic rings. The molecule has 0 spiro atoms. The fourth-order valence-corrected chi connectivity index (χ4v) is 5.66. The predicted molar refractivity (Wildman–Crippen MR) is 94.7 cm³/mol. The summed E-state index contributed by atoms with van der Waals surface area (Å²) in [4.78, 5) is 5.26. The first-order valence-corrected chi connectivity index (χ1v) is 9.90. The Hall–Kier alpha value is -1.40. The van der Waals surface area contributed by atoms with Gasteiger partial charge in [0.2, 0.25) is 10.0 Å². The highest BCUT2D eigenvalue weighted by Crippen LogP contribution is 2.39. The SMILES string of the molecule is CON=C1C[C@H]2CC[C@@H](C1)N2S(=O)(=O)c1ccc(C(C)(C)C)cc1. The van der Waals surface area contributed by atoms with Crippen LogP contribution in [-0.2, 0) is 20.3 Å². The Bertz CT molecular complexity index is 717. The van der Waals surface area contributed by atoms with Crippen LogP contribution in [0.3, 0.4) is 0 Å². The fourth-order valence-electron chi connectivity index (χ4n) is 3.79. The van der Waals surface area contributed by atoms with Crippen LogP contribution in [0.1, 0.15) is 52.0 Å². The van der Waals surface area contributed by atoms with Gasteiger partial charge >= 0.3 is 0 Å². The maximum Gasteiger partial charge on any atom is 0.243 e. The average Bonchev–Trinajstić information content (AvgIpc) is 2.80. The second kappa shape index (κ2) is 6.15. The second-order valence-electron chi connectivity index (χ2n) is 7.74. The molecule has 0 aromatic heterocycles. The van der Waals surface area contributed by atoms with E-state index in [4.69, 9.17) is 4.84 Å². The lowest BCUT2D eigenvalue weighted by atomic mass is 9.87. The highest BCUT2D eigenvalue weighted by atomic mass is 32.2. The van der Waals surface area contributed by atoms with E-state index in [0.717, 1.165) is 24.1 Å². The summed E-state index contributed by atoms with van der Waals surface area (Å²) in [6, 6.07) is 7.35.